The maximum Gasteiger partial charge on any atom is 0.303 e. The monoisotopic (exact) mass is 350 g/mol. The van der Waals surface area contributed by atoms with Crippen LogP contribution >= 0.6 is 0 Å². The smallest absolute Gasteiger partial charge is 0.303 e. The molecule has 2 aliphatic carbocycles. The molecule has 0 saturated heterocycles. The first-order valence-electron chi connectivity index (χ1n) is 9.95. The molecule has 25 heavy (non-hydrogen) atoms. The highest BCUT2D eigenvalue weighted by Gasteiger charge is 2.44. The quantitative estimate of drug-likeness (QED) is 0.410. The van der Waals surface area contributed by atoms with E-state index in [2.05, 4.69) is 19.1 Å². The number of rotatable bonds is 10. The van der Waals surface area contributed by atoms with Crippen LogP contribution in [0.5, 0.6) is 0 Å². The normalized spacial score (nSPS) is 31.7. The molecular formula is C21H34O4. The molecule has 0 aromatic carbocycles. The Bertz CT molecular complexity index is 482. The predicted molar refractivity (Wildman–Crippen MR) is 99.2 cm³/mol. The number of allylic oxidation sites excluding steroid dienone is 2. The molecule has 4 nitrogen and oxygen atoms in total. The number of carboxylic acids is 1. The van der Waals surface area contributed by atoms with Gasteiger partial charge in [0, 0.05) is 12.3 Å². The summed E-state index contributed by atoms with van der Waals surface area (Å²) < 4.78 is 0. The standard InChI is InChI=1S/C21H34O4/c1-2-3-4-8-17(22)10-11-18-19-13-15(7-5-6-9-21(24)25)12-16(19)14-20(18)23/h7,10-11,16-20,22-23H,2-6,8-9,12-14H2,1H3,(H,24,25)/b11-10+,15-7+/t16-,17-,18+,19-,20+/m0/s1. The Kier molecular flexibility index (Phi) is 8.17. The summed E-state index contributed by atoms with van der Waals surface area (Å²) in [5.41, 5.74) is 1.43. The van der Waals surface area contributed by atoms with E-state index < -0.39 is 12.1 Å². The topological polar surface area (TPSA) is 77.8 Å². The third-order valence-electron chi connectivity index (χ3n) is 5.80. The van der Waals surface area contributed by atoms with Crippen molar-refractivity contribution >= 4 is 5.97 Å². The van der Waals surface area contributed by atoms with E-state index in [1.807, 2.05) is 6.08 Å². The van der Waals surface area contributed by atoms with Gasteiger partial charge in [-0.3, -0.25) is 4.79 Å². The molecule has 0 heterocycles. The molecule has 0 spiro atoms. The highest BCUT2D eigenvalue weighted by atomic mass is 16.4. The van der Waals surface area contributed by atoms with Gasteiger partial charge in [-0.2, -0.15) is 0 Å². The van der Waals surface area contributed by atoms with Crippen molar-refractivity contribution in [2.75, 3.05) is 0 Å². The fourth-order valence-corrected chi connectivity index (χ4v) is 4.46. The minimum Gasteiger partial charge on any atom is -0.481 e. The fourth-order valence-electron chi connectivity index (χ4n) is 4.46. The molecule has 2 saturated carbocycles. The van der Waals surface area contributed by atoms with Crippen LogP contribution in [-0.2, 0) is 4.79 Å². The van der Waals surface area contributed by atoms with Crippen LogP contribution in [0.4, 0.5) is 0 Å². The van der Waals surface area contributed by atoms with E-state index in [1.165, 1.54) is 5.57 Å². The second-order valence-corrected chi connectivity index (χ2v) is 7.81. The van der Waals surface area contributed by atoms with Crippen LogP contribution < -0.4 is 0 Å². The minimum atomic E-state index is -0.729. The molecule has 4 heteroatoms. The Morgan fingerprint density at radius 1 is 1.28 bits per heavy atom. The van der Waals surface area contributed by atoms with E-state index in [4.69, 9.17) is 5.11 Å². The van der Waals surface area contributed by atoms with E-state index in [1.54, 1.807) is 0 Å². The number of unbranched alkanes of at least 4 members (excludes halogenated alkanes) is 3. The first-order chi connectivity index (χ1) is 12.0. The molecule has 0 bridgehead atoms. The molecule has 0 aromatic heterocycles. The van der Waals surface area contributed by atoms with Crippen molar-refractivity contribution < 1.29 is 20.1 Å². The number of fused-ring (bicyclic) bond motifs is 1. The summed E-state index contributed by atoms with van der Waals surface area (Å²) >= 11 is 0. The third kappa shape index (κ3) is 6.27. The van der Waals surface area contributed by atoms with Crippen molar-refractivity contribution in [3.8, 4) is 0 Å². The van der Waals surface area contributed by atoms with Gasteiger partial charge in [0.25, 0.3) is 0 Å². The second-order valence-electron chi connectivity index (χ2n) is 7.81. The number of aliphatic hydroxyl groups excluding tert-OH is 2. The van der Waals surface area contributed by atoms with Gasteiger partial charge in [-0.05, 0) is 50.4 Å². The summed E-state index contributed by atoms with van der Waals surface area (Å²) in [5, 5.41) is 29.1. The van der Waals surface area contributed by atoms with Crippen LogP contribution in [0.15, 0.2) is 23.8 Å². The van der Waals surface area contributed by atoms with E-state index in [0.717, 1.165) is 51.4 Å². The molecule has 2 aliphatic rings. The van der Waals surface area contributed by atoms with Crippen LogP contribution in [0.25, 0.3) is 0 Å². The highest BCUT2D eigenvalue weighted by Crippen LogP contribution is 2.50. The van der Waals surface area contributed by atoms with Crippen molar-refractivity contribution in [1.29, 1.82) is 0 Å². The first-order valence-corrected chi connectivity index (χ1v) is 9.95. The number of carboxylic acid groups (broad SMARTS) is 1. The van der Waals surface area contributed by atoms with E-state index in [9.17, 15) is 15.0 Å². The van der Waals surface area contributed by atoms with Crippen molar-refractivity contribution in [1.82, 2.24) is 0 Å². The summed E-state index contributed by atoms with van der Waals surface area (Å²) in [7, 11) is 0. The second kappa shape index (κ2) is 10.1. The van der Waals surface area contributed by atoms with Crippen LogP contribution in [0.3, 0.4) is 0 Å². The summed E-state index contributed by atoms with van der Waals surface area (Å²) in [5.74, 6) is 0.427. The number of aliphatic carboxylic acids is 1. The summed E-state index contributed by atoms with van der Waals surface area (Å²) in [6, 6.07) is 0. The molecule has 0 unspecified atom stereocenters. The first kappa shape index (κ1) is 20.2. The number of hydrogen-bond donors (Lipinski definition) is 3. The predicted octanol–water partition coefficient (Wildman–Crippen LogP) is 4.07. The lowest BCUT2D eigenvalue weighted by Gasteiger charge is -2.17. The van der Waals surface area contributed by atoms with Crippen molar-refractivity contribution in [3.05, 3.63) is 23.8 Å². The van der Waals surface area contributed by atoms with Gasteiger partial charge in [0.05, 0.1) is 12.2 Å². The van der Waals surface area contributed by atoms with E-state index in [-0.39, 0.29) is 18.4 Å². The minimum absolute atomic E-state index is 0.149. The Morgan fingerprint density at radius 3 is 2.80 bits per heavy atom. The molecule has 0 amide bonds. The summed E-state index contributed by atoms with van der Waals surface area (Å²) in [6.07, 6.45) is 14.3. The van der Waals surface area contributed by atoms with Gasteiger partial charge in [-0.15, -0.1) is 0 Å². The van der Waals surface area contributed by atoms with Crippen molar-refractivity contribution in [2.24, 2.45) is 17.8 Å². The molecule has 0 aromatic rings. The van der Waals surface area contributed by atoms with Gasteiger partial charge in [0.2, 0.25) is 0 Å². The largest absolute Gasteiger partial charge is 0.481 e. The Hall–Kier alpha value is -1.13. The SMILES string of the molecule is CCCCC[C@H](O)/C=C/[C@@H]1[C@H]2C/C(=C/CCCC(=O)O)C[C@H]2C[C@H]1O. The van der Waals surface area contributed by atoms with Gasteiger partial charge >= 0.3 is 5.97 Å². The lowest BCUT2D eigenvalue weighted by atomic mass is 9.90. The number of hydrogen-bond acceptors (Lipinski definition) is 3. The molecule has 2 rings (SSSR count). The number of carbonyl (C=O) groups is 1. The van der Waals surface area contributed by atoms with Crippen molar-refractivity contribution in [2.45, 2.75) is 83.3 Å². The maximum absolute atomic E-state index is 10.6. The Morgan fingerprint density at radius 2 is 2.08 bits per heavy atom. The van der Waals surface area contributed by atoms with Gasteiger partial charge in [0.15, 0.2) is 0 Å². The lowest BCUT2D eigenvalue weighted by molar-refractivity contribution is -0.137. The van der Waals surface area contributed by atoms with Gasteiger partial charge in [-0.25, -0.2) is 0 Å². The zero-order chi connectivity index (χ0) is 18.2. The highest BCUT2D eigenvalue weighted by molar-refractivity contribution is 5.66. The fraction of sp³-hybridized carbons (Fsp3) is 0.762. The molecule has 2 fully saturated rings. The van der Waals surface area contributed by atoms with Crippen LogP contribution in [-0.4, -0.2) is 33.5 Å². The Labute approximate surface area is 151 Å². The van der Waals surface area contributed by atoms with E-state index >= 15 is 0 Å². The molecule has 0 radical (unpaired) electrons. The third-order valence-corrected chi connectivity index (χ3v) is 5.80. The molecular weight excluding hydrogens is 316 g/mol. The summed E-state index contributed by atoms with van der Waals surface area (Å²) in [4.78, 5) is 10.6. The van der Waals surface area contributed by atoms with Gasteiger partial charge in [0.1, 0.15) is 0 Å². The molecule has 5 atom stereocenters. The zero-order valence-corrected chi connectivity index (χ0v) is 15.4. The molecule has 3 N–H and O–H groups in total. The zero-order valence-electron chi connectivity index (χ0n) is 15.4. The van der Waals surface area contributed by atoms with Gasteiger partial charge in [-0.1, -0.05) is 50.0 Å². The Balaban J connectivity index is 1.83. The van der Waals surface area contributed by atoms with Gasteiger partial charge < -0.3 is 15.3 Å². The van der Waals surface area contributed by atoms with Crippen LogP contribution in [0, 0.1) is 17.8 Å². The van der Waals surface area contributed by atoms with Crippen molar-refractivity contribution in [3.63, 3.8) is 0 Å². The number of aliphatic hydroxyl groups is 2. The molecule has 0 aliphatic heterocycles. The average Bonchev–Trinajstić information content (AvgIpc) is 3.06. The maximum atomic E-state index is 10.6. The average molecular weight is 350 g/mol. The van der Waals surface area contributed by atoms with E-state index in [0.29, 0.717) is 18.3 Å². The molecule has 142 valence electrons. The summed E-state index contributed by atoms with van der Waals surface area (Å²) in [6.45, 7) is 2.16. The lowest BCUT2D eigenvalue weighted by Crippen LogP contribution is -2.17. The van der Waals surface area contributed by atoms with Crippen LogP contribution in [0.2, 0.25) is 0 Å². The van der Waals surface area contributed by atoms with Crippen LogP contribution in [0.1, 0.15) is 71.1 Å².